The van der Waals surface area contributed by atoms with Gasteiger partial charge in [-0.15, -0.1) is 12.6 Å². The van der Waals surface area contributed by atoms with Gasteiger partial charge in [-0.2, -0.15) is 5.26 Å². The van der Waals surface area contributed by atoms with Crippen LogP contribution >= 0.6 is 12.6 Å². The quantitative estimate of drug-likeness (QED) is 0.660. The zero-order valence-corrected chi connectivity index (χ0v) is 10.9. The van der Waals surface area contributed by atoms with Crippen molar-refractivity contribution in [3.05, 3.63) is 28.3 Å². The van der Waals surface area contributed by atoms with E-state index in [2.05, 4.69) is 45.5 Å². The van der Waals surface area contributed by atoms with Gasteiger partial charge in [-0.05, 0) is 36.0 Å². The van der Waals surface area contributed by atoms with Gasteiger partial charge < -0.3 is 0 Å². The summed E-state index contributed by atoms with van der Waals surface area (Å²) in [6.07, 6.45) is 0. The zero-order chi connectivity index (χ0) is 11.8. The van der Waals surface area contributed by atoms with Gasteiger partial charge in [-0.1, -0.05) is 26.8 Å². The second-order valence-electron chi connectivity index (χ2n) is 4.95. The molecule has 1 rings (SSSR count). The molecule has 0 atom stereocenters. The fourth-order valence-electron chi connectivity index (χ4n) is 1.71. The van der Waals surface area contributed by atoms with Gasteiger partial charge in [0.15, 0.2) is 0 Å². The molecular formula is C13H17NS. The molecule has 0 saturated carbocycles. The normalized spacial score (nSPS) is 11.3. The van der Waals surface area contributed by atoms with Gasteiger partial charge in [-0.25, -0.2) is 0 Å². The Morgan fingerprint density at radius 3 is 2.20 bits per heavy atom. The minimum absolute atomic E-state index is 0.00204. The molecule has 0 aromatic heterocycles. The second-order valence-corrected chi connectivity index (χ2v) is 5.40. The average Bonchev–Trinajstić information content (AvgIpc) is 2.12. The third kappa shape index (κ3) is 2.18. The lowest BCUT2D eigenvalue weighted by Crippen LogP contribution is -2.15. The highest BCUT2D eigenvalue weighted by atomic mass is 32.1. The molecule has 1 aromatic rings. The summed E-state index contributed by atoms with van der Waals surface area (Å²) >= 11 is 4.43. The molecule has 0 radical (unpaired) electrons. The number of thiol groups is 1. The number of aryl methyl sites for hydroxylation is 1. The predicted octanol–water partition coefficient (Wildman–Crippen LogP) is 3.76. The summed E-state index contributed by atoms with van der Waals surface area (Å²) < 4.78 is 0. The van der Waals surface area contributed by atoms with E-state index in [1.807, 2.05) is 13.8 Å². The molecule has 15 heavy (non-hydrogen) atoms. The number of benzene rings is 1. The molecule has 0 aliphatic rings. The van der Waals surface area contributed by atoms with Crippen LogP contribution < -0.4 is 0 Å². The van der Waals surface area contributed by atoms with Crippen LogP contribution in [0.25, 0.3) is 0 Å². The van der Waals surface area contributed by atoms with E-state index in [1.165, 1.54) is 0 Å². The monoisotopic (exact) mass is 219 g/mol. The maximum absolute atomic E-state index is 9.19. The highest BCUT2D eigenvalue weighted by Gasteiger charge is 2.21. The van der Waals surface area contributed by atoms with Crippen LogP contribution in [-0.4, -0.2) is 0 Å². The number of hydrogen-bond donors (Lipinski definition) is 1. The Morgan fingerprint density at radius 1 is 1.27 bits per heavy atom. The van der Waals surface area contributed by atoms with E-state index in [1.54, 1.807) is 0 Å². The summed E-state index contributed by atoms with van der Waals surface area (Å²) in [7, 11) is 0. The third-order valence-electron chi connectivity index (χ3n) is 2.65. The van der Waals surface area contributed by atoms with Crippen LogP contribution in [0.1, 0.15) is 43.0 Å². The molecule has 0 saturated heterocycles. The van der Waals surface area contributed by atoms with Crippen LogP contribution in [0.4, 0.5) is 0 Å². The lowest BCUT2D eigenvalue weighted by Gasteiger charge is -2.23. The maximum Gasteiger partial charge on any atom is 0.0997 e. The lowest BCUT2D eigenvalue weighted by atomic mass is 9.81. The van der Waals surface area contributed by atoms with Crippen molar-refractivity contribution < 1.29 is 0 Å². The standard InChI is InChI=1S/C13H17NS/c1-8-6-11(13(3,4)5)10(7-14)9(2)12(8)15/h6,15H,1-5H3. The Hall–Kier alpha value is -0.940. The van der Waals surface area contributed by atoms with E-state index < -0.39 is 0 Å². The summed E-state index contributed by atoms with van der Waals surface area (Å²) in [6, 6.07) is 4.37. The van der Waals surface area contributed by atoms with Gasteiger partial charge >= 0.3 is 0 Å². The molecule has 2 heteroatoms. The molecule has 0 heterocycles. The first-order chi connectivity index (χ1) is 6.79. The Morgan fingerprint density at radius 2 is 1.80 bits per heavy atom. The molecule has 0 aliphatic carbocycles. The molecule has 0 fully saturated rings. The van der Waals surface area contributed by atoms with Crippen LogP contribution in [0, 0.1) is 25.2 Å². The van der Waals surface area contributed by atoms with Crippen LogP contribution in [-0.2, 0) is 5.41 Å². The van der Waals surface area contributed by atoms with Gasteiger partial charge in [0.1, 0.15) is 0 Å². The minimum Gasteiger partial charge on any atom is -0.192 e. The fraction of sp³-hybridized carbons (Fsp3) is 0.462. The Labute approximate surface area is 97.5 Å². The Bertz CT molecular complexity index is 433. The highest BCUT2D eigenvalue weighted by molar-refractivity contribution is 7.80. The average molecular weight is 219 g/mol. The number of hydrogen-bond acceptors (Lipinski definition) is 2. The van der Waals surface area contributed by atoms with Gasteiger partial charge in [0.25, 0.3) is 0 Å². The smallest absolute Gasteiger partial charge is 0.0997 e. The van der Waals surface area contributed by atoms with Crippen molar-refractivity contribution in [1.29, 1.82) is 5.26 Å². The van der Waals surface area contributed by atoms with Crippen LogP contribution in [0.2, 0.25) is 0 Å². The van der Waals surface area contributed by atoms with Crippen molar-refractivity contribution in [2.75, 3.05) is 0 Å². The lowest BCUT2D eigenvalue weighted by molar-refractivity contribution is 0.586. The van der Waals surface area contributed by atoms with Crippen molar-refractivity contribution in [1.82, 2.24) is 0 Å². The third-order valence-corrected chi connectivity index (χ3v) is 3.34. The van der Waals surface area contributed by atoms with Gasteiger partial charge in [-0.3, -0.25) is 0 Å². The van der Waals surface area contributed by atoms with Crippen molar-refractivity contribution in [2.24, 2.45) is 0 Å². The van der Waals surface area contributed by atoms with Crippen molar-refractivity contribution in [3.63, 3.8) is 0 Å². The van der Waals surface area contributed by atoms with E-state index in [-0.39, 0.29) is 5.41 Å². The SMILES string of the molecule is Cc1cc(C(C)(C)C)c(C#N)c(C)c1S. The molecule has 0 unspecified atom stereocenters. The number of rotatable bonds is 0. The van der Waals surface area contributed by atoms with Crippen LogP contribution in [0.5, 0.6) is 0 Å². The maximum atomic E-state index is 9.19. The van der Waals surface area contributed by atoms with E-state index in [0.717, 1.165) is 27.1 Å². The van der Waals surface area contributed by atoms with E-state index in [0.29, 0.717) is 0 Å². The van der Waals surface area contributed by atoms with Crippen LogP contribution in [0.3, 0.4) is 0 Å². The molecule has 0 bridgehead atoms. The summed E-state index contributed by atoms with van der Waals surface area (Å²) in [4.78, 5) is 0.930. The molecule has 1 nitrogen and oxygen atoms in total. The van der Waals surface area contributed by atoms with Crippen LogP contribution in [0.15, 0.2) is 11.0 Å². The first-order valence-corrected chi connectivity index (χ1v) is 5.47. The molecule has 80 valence electrons. The van der Waals surface area contributed by atoms with Gasteiger partial charge in [0.05, 0.1) is 11.6 Å². The van der Waals surface area contributed by atoms with E-state index >= 15 is 0 Å². The molecule has 0 spiro atoms. The van der Waals surface area contributed by atoms with E-state index in [9.17, 15) is 5.26 Å². The summed E-state index contributed by atoms with van der Waals surface area (Å²) in [6.45, 7) is 10.4. The Balaban J connectivity index is 3.62. The molecule has 0 aliphatic heterocycles. The van der Waals surface area contributed by atoms with Crippen molar-refractivity contribution >= 4 is 12.6 Å². The summed E-state index contributed by atoms with van der Waals surface area (Å²) in [5, 5.41) is 9.19. The van der Waals surface area contributed by atoms with Gasteiger partial charge in [0, 0.05) is 4.90 Å². The molecular weight excluding hydrogens is 202 g/mol. The van der Waals surface area contributed by atoms with Gasteiger partial charge in [0.2, 0.25) is 0 Å². The largest absolute Gasteiger partial charge is 0.192 e. The van der Waals surface area contributed by atoms with Crippen molar-refractivity contribution in [3.8, 4) is 6.07 Å². The molecule has 0 amide bonds. The molecule has 1 aromatic carbocycles. The van der Waals surface area contributed by atoms with Crippen molar-refractivity contribution in [2.45, 2.75) is 44.9 Å². The minimum atomic E-state index is 0.00204. The first kappa shape index (κ1) is 12.1. The number of nitrogens with zero attached hydrogens (tertiary/aromatic N) is 1. The van der Waals surface area contributed by atoms with E-state index in [4.69, 9.17) is 0 Å². The molecule has 0 N–H and O–H groups in total. The summed E-state index contributed by atoms with van der Waals surface area (Å²) in [5.74, 6) is 0. The fourth-order valence-corrected chi connectivity index (χ4v) is 1.89. The predicted molar refractivity (Wildman–Crippen MR) is 66.6 cm³/mol. The number of nitriles is 1. The topological polar surface area (TPSA) is 23.8 Å². The summed E-state index contributed by atoms with van der Waals surface area (Å²) in [5.41, 5.74) is 4.02. The second kappa shape index (κ2) is 3.90. The zero-order valence-electron chi connectivity index (χ0n) is 9.97. The Kier molecular flexibility index (Phi) is 3.16. The first-order valence-electron chi connectivity index (χ1n) is 5.02. The highest BCUT2D eigenvalue weighted by Crippen LogP contribution is 2.32.